The van der Waals surface area contributed by atoms with Crippen molar-refractivity contribution < 1.29 is 34.5 Å². The largest absolute Gasteiger partial charge is 0.508 e. The second-order valence-electron chi connectivity index (χ2n) is 7.89. The molecule has 0 aliphatic carbocycles. The number of hydrogen-bond acceptors (Lipinski definition) is 7. The summed E-state index contributed by atoms with van der Waals surface area (Å²) in [4.78, 5) is 47.1. The van der Waals surface area contributed by atoms with Gasteiger partial charge in [-0.05, 0) is 36.6 Å². The second-order valence-corrected chi connectivity index (χ2v) is 7.89. The van der Waals surface area contributed by atoms with Crippen molar-refractivity contribution in [2.75, 3.05) is 6.54 Å². The molecule has 180 valence electrons. The summed E-state index contributed by atoms with van der Waals surface area (Å²) < 4.78 is 0. The molecule has 0 amide bonds. The number of carboxylic acid groups (broad SMARTS) is 2. The fraction of sp³-hybridized carbons (Fsp3) is 0.280. The number of benzene rings is 2. The zero-order valence-corrected chi connectivity index (χ0v) is 18.8. The second kappa shape index (κ2) is 12.4. The molecule has 0 saturated carbocycles. The predicted molar refractivity (Wildman–Crippen MR) is 124 cm³/mol. The van der Waals surface area contributed by atoms with Gasteiger partial charge in [-0.1, -0.05) is 42.5 Å². The van der Waals surface area contributed by atoms with Gasteiger partial charge in [-0.3, -0.25) is 19.2 Å². The summed E-state index contributed by atoms with van der Waals surface area (Å²) >= 11 is 0. The van der Waals surface area contributed by atoms with Gasteiger partial charge in [0.25, 0.3) is 0 Å². The molecule has 0 heterocycles. The van der Waals surface area contributed by atoms with Crippen LogP contribution < -0.4 is 5.43 Å². The van der Waals surface area contributed by atoms with Crippen LogP contribution in [0.15, 0.2) is 61.2 Å². The number of nitrogens with one attached hydrogen (secondary N) is 1. The number of carboxylic acids is 2. The average molecular weight is 469 g/mol. The molecule has 0 fully saturated rings. The maximum atomic E-state index is 12.0. The van der Waals surface area contributed by atoms with Gasteiger partial charge in [0.2, 0.25) is 0 Å². The number of ketones is 2. The first kappa shape index (κ1) is 26.4. The summed E-state index contributed by atoms with van der Waals surface area (Å²) in [5, 5.41) is 30.3. The zero-order valence-electron chi connectivity index (χ0n) is 18.8. The molecule has 0 aliphatic rings. The van der Waals surface area contributed by atoms with Gasteiger partial charge in [-0.2, -0.15) is 0 Å². The van der Waals surface area contributed by atoms with Gasteiger partial charge in [0.15, 0.2) is 5.78 Å². The lowest BCUT2D eigenvalue weighted by Crippen LogP contribution is -2.56. The lowest BCUT2D eigenvalue weighted by molar-refractivity contribution is -0.148. The normalized spacial score (nSPS) is 12.6. The highest BCUT2D eigenvalue weighted by Gasteiger charge is 2.29. The molecular weight excluding hydrogens is 440 g/mol. The van der Waals surface area contributed by atoms with Gasteiger partial charge in [-0.15, -0.1) is 6.58 Å². The first-order valence-electron chi connectivity index (χ1n) is 10.6. The fourth-order valence-electron chi connectivity index (χ4n) is 3.37. The SMILES string of the molecule is C=CCN(NC(Cc1ccc(C(=O)CC(C)=O)cc1)C(=O)O)C(Cc1ccc(O)cc1)C(=O)O. The van der Waals surface area contributed by atoms with E-state index in [0.29, 0.717) is 16.7 Å². The van der Waals surface area contributed by atoms with Crippen LogP contribution in [0.4, 0.5) is 0 Å². The van der Waals surface area contributed by atoms with Gasteiger partial charge in [-0.25, -0.2) is 10.4 Å². The fourth-order valence-corrected chi connectivity index (χ4v) is 3.37. The number of hydrazine groups is 1. The number of phenolic OH excluding ortho intramolecular Hbond substituents is 1. The van der Waals surface area contributed by atoms with Crippen LogP contribution in [0.2, 0.25) is 0 Å². The van der Waals surface area contributed by atoms with Crippen LogP contribution in [0.3, 0.4) is 0 Å². The third kappa shape index (κ3) is 7.95. The monoisotopic (exact) mass is 468 g/mol. The molecular formula is C25H28N2O7. The maximum Gasteiger partial charge on any atom is 0.322 e. The molecule has 0 bridgehead atoms. The zero-order chi connectivity index (χ0) is 25.3. The summed E-state index contributed by atoms with van der Waals surface area (Å²) in [6, 6.07) is 10.1. The Kier molecular flexibility index (Phi) is 9.66. The molecule has 9 heteroatoms. The van der Waals surface area contributed by atoms with Crippen molar-refractivity contribution in [3.05, 3.63) is 77.9 Å². The Morgan fingerprint density at radius 3 is 2.00 bits per heavy atom. The number of rotatable bonds is 14. The highest BCUT2D eigenvalue weighted by atomic mass is 16.4. The Balaban J connectivity index is 2.18. The highest BCUT2D eigenvalue weighted by Crippen LogP contribution is 2.15. The van der Waals surface area contributed by atoms with Crippen molar-refractivity contribution in [1.29, 1.82) is 0 Å². The Labute approximate surface area is 197 Å². The molecule has 0 aromatic heterocycles. The summed E-state index contributed by atoms with van der Waals surface area (Å²) in [5.41, 5.74) is 4.42. The van der Waals surface area contributed by atoms with E-state index in [0.717, 1.165) is 0 Å². The number of carbonyl (C=O) groups excluding carboxylic acids is 2. The summed E-state index contributed by atoms with van der Waals surface area (Å²) in [6.07, 6.45) is 1.35. The standard InChI is InChI=1S/C25H28N2O7/c1-3-12-27(22(25(33)34)15-18-6-10-20(29)11-7-18)26-21(24(31)32)14-17-4-8-19(9-5-17)23(30)13-16(2)28/h3-11,21-22,26,29H,1,12-15H2,2H3,(H,31,32)(H,33,34). The van der Waals surface area contributed by atoms with E-state index in [1.165, 1.54) is 42.3 Å². The van der Waals surface area contributed by atoms with Gasteiger partial charge in [0.05, 0.1) is 6.42 Å². The predicted octanol–water partition coefficient (Wildman–Crippen LogP) is 2.24. The minimum Gasteiger partial charge on any atom is -0.508 e. The number of carbonyl (C=O) groups is 4. The molecule has 34 heavy (non-hydrogen) atoms. The smallest absolute Gasteiger partial charge is 0.322 e. The number of nitrogens with zero attached hydrogens (tertiary/aromatic N) is 1. The van der Waals surface area contributed by atoms with Crippen molar-refractivity contribution in [2.24, 2.45) is 0 Å². The molecule has 9 nitrogen and oxygen atoms in total. The van der Waals surface area contributed by atoms with Crippen LogP contribution in [-0.2, 0) is 27.2 Å². The van der Waals surface area contributed by atoms with Crippen LogP contribution in [0, 0.1) is 0 Å². The first-order chi connectivity index (χ1) is 16.1. The molecule has 0 aliphatic heterocycles. The van der Waals surface area contributed by atoms with E-state index in [9.17, 15) is 34.5 Å². The molecule has 0 radical (unpaired) electrons. The minimum atomic E-state index is -1.18. The van der Waals surface area contributed by atoms with Crippen LogP contribution in [-0.4, -0.2) is 62.5 Å². The van der Waals surface area contributed by atoms with E-state index < -0.39 is 24.0 Å². The third-order valence-corrected chi connectivity index (χ3v) is 5.10. The van der Waals surface area contributed by atoms with Gasteiger partial charge < -0.3 is 15.3 Å². The first-order valence-corrected chi connectivity index (χ1v) is 10.6. The molecule has 2 aromatic rings. The lowest BCUT2D eigenvalue weighted by Gasteiger charge is -2.31. The van der Waals surface area contributed by atoms with Crippen LogP contribution in [0.1, 0.15) is 34.8 Å². The van der Waals surface area contributed by atoms with E-state index in [1.807, 2.05) is 0 Å². The van der Waals surface area contributed by atoms with E-state index in [-0.39, 0.29) is 43.1 Å². The molecule has 2 aromatic carbocycles. The lowest BCUT2D eigenvalue weighted by atomic mass is 10.0. The molecule has 2 atom stereocenters. The summed E-state index contributed by atoms with van der Waals surface area (Å²) in [5.74, 6) is -2.84. The quantitative estimate of drug-likeness (QED) is 0.142. The number of aliphatic carboxylic acids is 2. The molecule has 2 unspecified atom stereocenters. The molecule has 0 spiro atoms. The van der Waals surface area contributed by atoms with Crippen LogP contribution in [0.25, 0.3) is 0 Å². The van der Waals surface area contributed by atoms with Gasteiger partial charge >= 0.3 is 11.9 Å². The Hall–Kier alpha value is -3.82. The number of hydrogen-bond donors (Lipinski definition) is 4. The number of Topliss-reactive ketones (excluding diaryl/α,β-unsaturated/α-hetero) is 2. The molecule has 0 saturated heterocycles. The van der Waals surface area contributed by atoms with E-state index in [1.54, 1.807) is 24.3 Å². The van der Waals surface area contributed by atoms with Crippen molar-refractivity contribution >= 4 is 23.5 Å². The number of aromatic hydroxyl groups is 1. The van der Waals surface area contributed by atoms with Gasteiger partial charge in [0.1, 0.15) is 23.6 Å². The van der Waals surface area contributed by atoms with Gasteiger partial charge in [0, 0.05) is 18.5 Å². The van der Waals surface area contributed by atoms with E-state index in [2.05, 4.69) is 12.0 Å². The van der Waals surface area contributed by atoms with Crippen molar-refractivity contribution in [3.8, 4) is 5.75 Å². The third-order valence-electron chi connectivity index (χ3n) is 5.10. The Morgan fingerprint density at radius 2 is 1.50 bits per heavy atom. The maximum absolute atomic E-state index is 12.0. The average Bonchev–Trinajstić information content (AvgIpc) is 2.77. The van der Waals surface area contributed by atoms with E-state index in [4.69, 9.17) is 0 Å². The van der Waals surface area contributed by atoms with Crippen molar-refractivity contribution in [3.63, 3.8) is 0 Å². The Bertz CT molecular complexity index is 1030. The van der Waals surface area contributed by atoms with Crippen LogP contribution in [0.5, 0.6) is 5.75 Å². The van der Waals surface area contributed by atoms with Crippen LogP contribution >= 0.6 is 0 Å². The summed E-state index contributed by atoms with van der Waals surface area (Å²) in [7, 11) is 0. The van der Waals surface area contributed by atoms with E-state index >= 15 is 0 Å². The molecule has 4 N–H and O–H groups in total. The summed E-state index contributed by atoms with van der Waals surface area (Å²) in [6.45, 7) is 5.03. The number of phenols is 1. The van der Waals surface area contributed by atoms with Crippen molar-refractivity contribution in [2.45, 2.75) is 38.3 Å². The minimum absolute atomic E-state index is 0.0235. The Morgan fingerprint density at radius 1 is 0.941 bits per heavy atom. The van der Waals surface area contributed by atoms with Crippen molar-refractivity contribution in [1.82, 2.24) is 10.4 Å². The molecule has 2 rings (SSSR count). The topological polar surface area (TPSA) is 144 Å². The highest BCUT2D eigenvalue weighted by molar-refractivity contribution is 6.07.